The van der Waals surface area contributed by atoms with Gasteiger partial charge in [0.2, 0.25) is 9.84 Å². The number of nitrogens with zero attached hydrogens (tertiary/aromatic N) is 2. The van der Waals surface area contributed by atoms with Crippen molar-refractivity contribution in [3.8, 4) is 0 Å². The van der Waals surface area contributed by atoms with E-state index >= 15 is 0 Å². The van der Waals surface area contributed by atoms with Crippen LogP contribution in [-0.2, 0) is 26.4 Å². The summed E-state index contributed by atoms with van der Waals surface area (Å²) in [5.74, 6) is -0.619. The van der Waals surface area contributed by atoms with Crippen molar-refractivity contribution in [1.82, 2.24) is 4.57 Å². The van der Waals surface area contributed by atoms with Gasteiger partial charge in [-0.1, -0.05) is 0 Å². The average Bonchev–Trinajstić information content (AvgIpc) is 2.54. The molecule has 0 amide bonds. The summed E-state index contributed by atoms with van der Waals surface area (Å²) in [7, 11) is -1.10. The molecule has 0 saturated heterocycles. The highest BCUT2D eigenvalue weighted by molar-refractivity contribution is 8.08. The molecule has 0 aliphatic carbocycles. The van der Waals surface area contributed by atoms with Crippen LogP contribution in [0.1, 0.15) is 11.3 Å². The lowest BCUT2D eigenvalue weighted by Gasteiger charge is -2.14. The summed E-state index contributed by atoms with van der Waals surface area (Å²) in [5.41, 5.74) is 3.97. The standard InChI is InChI=1S/C10H13N3O4S/c1-5-6(2)13(3)8-7(5)18(15,16)9(12-11-8)10(14)17-4/h11H,1-4H3. The average molecular weight is 271 g/mol. The third kappa shape index (κ3) is 1.45. The first-order valence-corrected chi connectivity index (χ1v) is 6.63. The van der Waals surface area contributed by atoms with Crippen LogP contribution >= 0.6 is 0 Å². The molecule has 0 bridgehead atoms. The monoisotopic (exact) mass is 271 g/mol. The van der Waals surface area contributed by atoms with Gasteiger partial charge in [0.1, 0.15) is 10.7 Å². The number of esters is 1. The van der Waals surface area contributed by atoms with Gasteiger partial charge in [0.25, 0.3) is 5.04 Å². The Kier molecular flexibility index (Phi) is 2.69. The number of hydrogen-bond acceptors (Lipinski definition) is 6. The van der Waals surface area contributed by atoms with Crippen LogP contribution in [0.25, 0.3) is 0 Å². The molecule has 8 heteroatoms. The van der Waals surface area contributed by atoms with Crippen molar-refractivity contribution in [3.63, 3.8) is 0 Å². The maximum absolute atomic E-state index is 12.3. The second-order valence-electron chi connectivity index (χ2n) is 3.97. The summed E-state index contributed by atoms with van der Waals surface area (Å²) in [6.45, 7) is 3.48. The summed E-state index contributed by atoms with van der Waals surface area (Å²) < 4.78 is 30.7. The Morgan fingerprint density at radius 2 is 2.00 bits per heavy atom. The Labute approximate surface area is 104 Å². The van der Waals surface area contributed by atoms with Crippen LogP contribution in [0.2, 0.25) is 0 Å². The zero-order valence-electron chi connectivity index (χ0n) is 10.4. The number of anilines is 1. The van der Waals surface area contributed by atoms with Gasteiger partial charge in [0.15, 0.2) is 0 Å². The lowest BCUT2D eigenvalue weighted by Crippen LogP contribution is -2.30. The minimum absolute atomic E-state index is 0.0814. The topological polar surface area (TPSA) is 89.8 Å². The van der Waals surface area contributed by atoms with Gasteiger partial charge < -0.3 is 9.30 Å². The van der Waals surface area contributed by atoms with Gasteiger partial charge in [-0.15, -0.1) is 0 Å². The number of sulfone groups is 1. The molecular weight excluding hydrogens is 258 g/mol. The van der Waals surface area contributed by atoms with Gasteiger partial charge in [-0.3, -0.25) is 5.43 Å². The quantitative estimate of drug-likeness (QED) is 0.743. The summed E-state index contributed by atoms with van der Waals surface area (Å²) >= 11 is 0. The number of hydrazone groups is 1. The highest BCUT2D eigenvalue weighted by atomic mass is 32.2. The highest BCUT2D eigenvalue weighted by Crippen LogP contribution is 2.34. The predicted octanol–water partition coefficient (Wildman–Crippen LogP) is 0.328. The molecule has 0 atom stereocenters. The van der Waals surface area contributed by atoms with Crippen molar-refractivity contribution in [2.45, 2.75) is 18.7 Å². The minimum Gasteiger partial charge on any atom is -0.464 e. The van der Waals surface area contributed by atoms with Crippen LogP contribution in [0.4, 0.5) is 5.82 Å². The fourth-order valence-corrected chi connectivity index (χ4v) is 3.52. The number of nitrogens with one attached hydrogen (secondary N) is 1. The van der Waals surface area contributed by atoms with Crippen LogP contribution in [0.15, 0.2) is 10.00 Å². The molecule has 1 aliphatic rings. The van der Waals surface area contributed by atoms with Crippen LogP contribution < -0.4 is 5.43 Å². The normalized spacial score (nSPS) is 16.6. The number of ether oxygens (including phenoxy) is 1. The molecule has 0 aromatic carbocycles. The number of fused-ring (bicyclic) bond motifs is 1. The van der Waals surface area contributed by atoms with Crippen molar-refractivity contribution in [3.05, 3.63) is 11.3 Å². The van der Waals surface area contributed by atoms with Crippen LogP contribution in [-0.4, -0.2) is 31.1 Å². The Morgan fingerprint density at radius 3 is 2.56 bits per heavy atom. The minimum atomic E-state index is -3.93. The van der Waals surface area contributed by atoms with Gasteiger partial charge in [-0.25, -0.2) is 13.2 Å². The van der Waals surface area contributed by atoms with Gasteiger partial charge >= 0.3 is 5.97 Å². The number of carbonyl (C=O) groups is 1. The highest BCUT2D eigenvalue weighted by Gasteiger charge is 2.39. The van der Waals surface area contributed by atoms with E-state index in [2.05, 4.69) is 15.3 Å². The number of methoxy groups -OCH3 is 1. The van der Waals surface area contributed by atoms with Crippen LogP contribution in [0.3, 0.4) is 0 Å². The molecule has 0 unspecified atom stereocenters. The largest absolute Gasteiger partial charge is 0.464 e. The summed E-state index contributed by atoms with van der Waals surface area (Å²) in [4.78, 5) is 11.5. The zero-order valence-corrected chi connectivity index (χ0v) is 11.3. The first-order valence-electron chi connectivity index (χ1n) is 5.15. The molecule has 1 aromatic rings. The first kappa shape index (κ1) is 12.6. The van der Waals surface area contributed by atoms with Crippen molar-refractivity contribution in [2.24, 2.45) is 12.1 Å². The summed E-state index contributed by atoms with van der Waals surface area (Å²) in [6, 6.07) is 0. The number of aromatic nitrogens is 1. The lowest BCUT2D eigenvalue weighted by molar-refractivity contribution is -0.132. The molecule has 0 radical (unpaired) electrons. The molecule has 0 spiro atoms. The molecule has 0 saturated carbocycles. The Bertz CT molecular complexity index is 670. The third-order valence-electron chi connectivity index (χ3n) is 3.08. The third-order valence-corrected chi connectivity index (χ3v) is 4.89. The number of carbonyl (C=O) groups excluding carboxylic acids is 1. The molecule has 1 aliphatic heterocycles. The van der Waals surface area contributed by atoms with E-state index in [-0.39, 0.29) is 4.90 Å². The van der Waals surface area contributed by atoms with E-state index in [0.717, 1.165) is 12.8 Å². The fraction of sp³-hybridized carbons (Fsp3) is 0.400. The molecular formula is C10H13N3O4S. The van der Waals surface area contributed by atoms with Gasteiger partial charge in [-0.2, -0.15) is 5.10 Å². The smallest absolute Gasteiger partial charge is 0.370 e. The van der Waals surface area contributed by atoms with Crippen molar-refractivity contribution in [1.29, 1.82) is 0 Å². The first-order chi connectivity index (χ1) is 8.32. The molecule has 1 N–H and O–H groups in total. The van der Waals surface area contributed by atoms with Crippen molar-refractivity contribution in [2.75, 3.05) is 12.5 Å². The van der Waals surface area contributed by atoms with E-state index in [9.17, 15) is 13.2 Å². The zero-order chi connectivity index (χ0) is 13.7. The molecule has 7 nitrogen and oxygen atoms in total. The predicted molar refractivity (Wildman–Crippen MR) is 65.1 cm³/mol. The SMILES string of the molecule is COC(=O)C1=NNc2c(c(C)c(C)n2C)S1(=O)=O. The maximum Gasteiger partial charge on any atom is 0.370 e. The van der Waals surface area contributed by atoms with Crippen LogP contribution in [0, 0.1) is 13.8 Å². The molecule has 98 valence electrons. The van der Waals surface area contributed by atoms with Crippen molar-refractivity contribution >= 4 is 26.7 Å². The molecule has 1 aromatic heterocycles. The molecule has 2 heterocycles. The number of hydrogen-bond donors (Lipinski definition) is 1. The summed E-state index contributed by atoms with van der Waals surface area (Å²) in [5, 5.41) is 2.97. The Hall–Kier alpha value is -1.83. The van der Waals surface area contributed by atoms with Gasteiger partial charge in [0.05, 0.1) is 7.11 Å². The van der Waals surface area contributed by atoms with E-state index in [1.54, 1.807) is 25.5 Å². The summed E-state index contributed by atoms with van der Waals surface area (Å²) in [6.07, 6.45) is 0. The van der Waals surface area contributed by atoms with E-state index in [0.29, 0.717) is 11.4 Å². The van der Waals surface area contributed by atoms with E-state index in [4.69, 9.17) is 0 Å². The maximum atomic E-state index is 12.3. The second-order valence-corrected chi connectivity index (χ2v) is 5.77. The van der Waals surface area contributed by atoms with Gasteiger partial charge in [0, 0.05) is 12.7 Å². The molecule has 2 rings (SSSR count). The second kappa shape index (κ2) is 3.84. The fourth-order valence-electron chi connectivity index (χ4n) is 1.87. The van der Waals surface area contributed by atoms with E-state index in [1.807, 2.05) is 0 Å². The van der Waals surface area contributed by atoms with Crippen molar-refractivity contribution < 1.29 is 17.9 Å². The van der Waals surface area contributed by atoms with Crippen LogP contribution in [0.5, 0.6) is 0 Å². The van der Waals surface area contributed by atoms with Gasteiger partial charge in [-0.05, 0) is 19.4 Å². The van der Waals surface area contributed by atoms with E-state index < -0.39 is 20.9 Å². The van der Waals surface area contributed by atoms with E-state index in [1.165, 1.54) is 0 Å². The number of rotatable bonds is 1. The Morgan fingerprint density at radius 1 is 1.39 bits per heavy atom. The molecule has 18 heavy (non-hydrogen) atoms. The lowest BCUT2D eigenvalue weighted by atomic mass is 10.3. The molecule has 0 fully saturated rings. The Balaban J connectivity index is 2.73.